The van der Waals surface area contributed by atoms with Crippen molar-refractivity contribution in [2.45, 2.75) is 380 Å². The van der Waals surface area contributed by atoms with Crippen LogP contribution in [0, 0.1) is 0 Å². The predicted octanol–water partition coefficient (Wildman–Crippen LogP) is 21.6. The van der Waals surface area contributed by atoms with Crippen LogP contribution in [0.2, 0.25) is 0 Å². The number of hydrogen-bond acceptors (Lipinski definition) is 15. The molecular formula is C75H140O17P2. The molecule has 0 aliphatic heterocycles. The fraction of sp³-hybridized carbons (Fsp3) is 0.867. The molecule has 0 heterocycles. The number of allylic oxidation sites excluding steroid dienone is 6. The van der Waals surface area contributed by atoms with Crippen LogP contribution < -0.4 is 0 Å². The molecule has 19 heteroatoms. The lowest BCUT2D eigenvalue weighted by Crippen LogP contribution is -2.30. The van der Waals surface area contributed by atoms with Gasteiger partial charge in [0.1, 0.15) is 19.3 Å². The molecule has 0 amide bonds. The molecule has 0 saturated heterocycles. The molecule has 0 aromatic heterocycles. The molecule has 0 rings (SSSR count). The first-order chi connectivity index (χ1) is 45.7. The van der Waals surface area contributed by atoms with Gasteiger partial charge in [0.15, 0.2) is 12.2 Å². The van der Waals surface area contributed by atoms with Gasteiger partial charge in [-0.2, -0.15) is 0 Å². The molecule has 0 bridgehead atoms. The van der Waals surface area contributed by atoms with E-state index in [0.29, 0.717) is 25.7 Å². The Kier molecular flexibility index (Phi) is 66.8. The minimum Gasteiger partial charge on any atom is -0.462 e. The second-order valence-corrected chi connectivity index (χ2v) is 28.9. The quantitative estimate of drug-likeness (QED) is 0.0169. The summed E-state index contributed by atoms with van der Waals surface area (Å²) in [5, 5.41) is 10.6. The predicted molar refractivity (Wildman–Crippen MR) is 381 cm³/mol. The largest absolute Gasteiger partial charge is 0.472 e. The fourth-order valence-corrected chi connectivity index (χ4v) is 12.3. The van der Waals surface area contributed by atoms with Gasteiger partial charge in [0.2, 0.25) is 0 Å². The standard InChI is InChI=1S/C75H140O17P2/c1-5-9-13-17-21-25-29-33-34-38-40-44-48-52-56-60-73(78)86-66-71(92-75(80)62-58-54-50-46-42-37-32-28-24-20-16-12-8-4)68-90-94(83,84)88-64-69(76)63-87-93(81,82)89-67-70(91-74(79)61-57-53-49-45-41-36-31-27-23-19-15-11-7-3)65-85-72(77)59-55-51-47-43-39-35-30-26-22-18-14-10-6-2/h21,25-26,30,33-34,69-71,76H,5-20,22-24,27-29,31-32,35-68H2,1-4H3,(H,81,82)(H,83,84)/b25-21-,30-26-,34-33-/t69-,70-,71-/m1/s1. The van der Waals surface area contributed by atoms with Gasteiger partial charge in [-0.1, -0.05) is 289 Å². The summed E-state index contributed by atoms with van der Waals surface area (Å²) in [7, 11) is -9.92. The normalized spacial score (nSPS) is 14.2. The van der Waals surface area contributed by atoms with Crippen molar-refractivity contribution in [2.24, 2.45) is 0 Å². The molecule has 552 valence electrons. The molecule has 94 heavy (non-hydrogen) atoms. The maximum atomic E-state index is 13.1. The first-order valence-electron chi connectivity index (χ1n) is 38.2. The Labute approximate surface area is 573 Å². The molecule has 0 fully saturated rings. The van der Waals surface area contributed by atoms with E-state index in [2.05, 4.69) is 64.2 Å². The summed E-state index contributed by atoms with van der Waals surface area (Å²) >= 11 is 0. The van der Waals surface area contributed by atoms with Crippen molar-refractivity contribution >= 4 is 39.5 Å². The van der Waals surface area contributed by atoms with Crippen LogP contribution in [0.1, 0.15) is 362 Å². The van der Waals surface area contributed by atoms with Crippen LogP contribution >= 0.6 is 15.6 Å². The third-order valence-corrected chi connectivity index (χ3v) is 18.5. The molecule has 2 unspecified atom stereocenters. The summed E-state index contributed by atoms with van der Waals surface area (Å²) < 4.78 is 68.4. The van der Waals surface area contributed by atoms with Gasteiger partial charge in [-0.25, -0.2) is 9.13 Å². The number of aliphatic hydroxyl groups is 1. The number of unbranched alkanes of at least 4 members (excludes halogenated alkanes) is 41. The minimum absolute atomic E-state index is 0.100. The van der Waals surface area contributed by atoms with Crippen molar-refractivity contribution < 1.29 is 80.2 Å². The van der Waals surface area contributed by atoms with Crippen molar-refractivity contribution in [3.63, 3.8) is 0 Å². The topological polar surface area (TPSA) is 237 Å². The van der Waals surface area contributed by atoms with Gasteiger partial charge >= 0.3 is 39.5 Å². The Balaban J connectivity index is 5.30. The zero-order chi connectivity index (χ0) is 69.0. The van der Waals surface area contributed by atoms with Crippen molar-refractivity contribution in [2.75, 3.05) is 39.6 Å². The maximum absolute atomic E-state index is 13.1. The van der Waals surface area contributed by atoms with Crippen molar-refractivity contribution in [3.05, 3.63) is 36.5 Å². The first-order valence-corrected chi connectivity index (χ1v) is 41.2. The van der Waals surface area contributed by atoms with Gasteiger partial charge in [0.25, 0.3) is 0 Å². The van der Waals surface area contributed by atoms with Crippen molar-refractivity contribution in [1.82, 2.24) is 0 Å². The summed E-state index contributed by atoms with van der Waals surface area (Å²) in [5.41, 5.74) is 0. The highest BCUT2D eigenvalue weighted by Crippen LogP contribution is 2.45. The summed E-state index contributed by atoms with van der Waals surface area (Å²) in [6.45, 7) is 4.88. The van der Waals surface area contributed by atoms with Crippen LogP contribution in [-0.4, -0.2) is 96.7 Å². The summed E-state index contributed by atoms with van der Waals surface area (Å²) in [5.74, 6) is -2.16. The van der Waals surface area contributed by atoms with E-state index >= 15 is 0 Å². The number of phosphoric acid groups is 2. The lowest BCUT2D eigenvalue weighted by molar-refractivity contribution is -0.161. The number of rotatable bonds is 73. The SMILES string of the molecule is CCCCC/C=C\C/C=C\CCCCCCCC(=O)OC[C@H](COP(=O)(O)OC[C@H](O)COP(=O)(O)OC[C@@H](COC(=O)CCCCCCC/C=C\CCCCCC)OC(=O)CCCCCCCCCCCCCCC)OC(=O)CCCCCCCCCCCCCCC. The van der Waals surface area contributed by atoms with E-state index in [4.69, 9.17) is 37.0 Å². The minimum atomic E-state index is -4.96. The van der Waals surface area contributed by atoms with Gasteiger partial charge in [0, 0.05) is 25.7 Å². The molecule has 0 spiro atoms. The molecular weight excluding hydrogens is 1230 g/mol. The summed E-state index contributed by atoms with van der Waals surface area (Å²) in [6, 6.07) is 0. The zero-order valence-electron chi connectivity index (χ0n) is 60.2. The van der Waals surface area contributed by atoms with E-state index in [1.807, 2.05) is 0 Å². The highest BCUT2D eigenvalue weighted by atomic mass is 31.2. The molecule has 0 saturated carbocycles. The van der Waals surface area contributed by atoms with E-state index in [1.54, 1.807) is 0 Å². The van der Waals surface area contributed by atoms with Gasteiger partial charge < -0.3 is 33.8 Å². The summed E-state index contributed by atoms with van der Waals surface area (Å²) in [4.78, 5) is 72.7. The number of esters is 4. The van der Waals surface area contributed by atoms with Crippen molar-refractivity contribution in [1.29, 1.82) is 0 Å². The van der Waals surface area contributed by atoms with E-state index in [1.165, 1.54) is 148 Å². The fourth-order valence-electron chi connectivity index (χ4n) is 10.7. The highest BCUT2D eigenvalue weighted by Gasteiger charge is 2.30. The Morgan fingerprint density at radius 1 is 0.298 bits per heavy atom. The number of phosphoric ester groups is 2. The zero-order valence-corrected chi connectivity index (χ0v) is 61.9. The van der Waals surface area contributed by atoms with Crippen LogP contribution in [0.4, 0.5) is 0 Å². The van der Waals surface area contributed by atoms with E-state index < -0.39 is 97.5 Å². The van der Waals surface area contributed by atoms with Crippen LogP contribution in [-0.2, 0) is 65.4 Å². The number of hydrogen-bond donors (Lipinski definition) is 3. The molecule has 0 aliphatic carbocycles. The van der Waals surface area contributed by atoms with Gasteiger partial charge in [-0.05, 0) is 83.5 Å². The Bertz CT molecular complexity index is 1930. The molecule has 5 atom stereocenters. The molecule has 0 radical (unpaired) electrons. The Hall–Kier alpha value is -2.72. The lowest BCUT2D eigenvalue weighted by atomic mass is 10.0. The molecule has 17 nitrogen and oxygen atoms in total. The van der Waals surface area contributed by atoms with Crippen LogP contribution in [0.3, 0.4) is 0 Å². The average molecular weight is 1380 g/mol. The molecule has 0 aromatic rings. The summed E-state index contributed by atoms with van der Waals surface area (Å²) in [6.07, 6.45) is 62.7. The Morgan fingerprint density at radius 2 is 0.521 bits per heavy atom. The molecule has 0 aliphatic rings. The first kappa shape index (κ1) is 91.3. The number of aliphatic hydroxyl groups excluding tert-OH is 1. The third-order valence-electron chi connectivity index (χ3n) is 16.6. The molecule has 3 N–H and O–H groups in total. The highest BCUT2D eigenvalue weighted by molar-refractivity contribution is 7.47. The van der Waals surface area contributed by atoms with E-state index in [-0.39, 0.29) is 25.7 Å². The van der Waals surface area contributed by atoms with E-state index in [9.17, 15) is 43.2 Å². The third kappa shape index (κ3) is 67.8. The maximum Gasteiger partial charge on any atom is 0.472 e. The van der Waals surface area contributed by atoms with Crippen LogP contribution in [0.15, 0.2) is 36.5 Å². The monoisotopic (exact) mass is 1370 g/mol. The second kappa shape index (κ2) is 68.8. The average Bonchev–Trinajstić information content (AvgIpc) is 1.67. The van der Waals surface area contributed by atoms with Gasteiger partial charge in [0.05, 0.1) is 26.4 Å². The Morgan fingerprint density at radius 3 is 0.830 bits per heavy atom. The number of ether oxygens (including phenoxy) is 4. The molecule has 0 aromatic carbocycles. The van der Waals surface area contributed by atoms with Gasteiger partial charge in [-0.3, -0.25) is 37.3 Å². The number of carbonyl (C=O) groups is 4. The van der Waals surface area contributed by atoms with Crippen LogP contribution in [0.25, 0.3) is 0 Å². The van der Waals surface area contributed by atoms with Gasteiger partial charge in [-0.15, -0.1) is 0 Å². The van der Waals surface area contributed by atoms with E-state index in [0.717, 1.165) is 135 Å². The number of carbonyl (C=O) groups excluding carboxylic acids is 4. The lowest BCUT2D eigenvalue weighted by Gasteiger charge is -2.21. The second-order valence-electron chi connectivity index (χ2n) is 26.0. The smallest absolute Gasteiger partial charge is 0.462 e. The van der Waals surface area contributed by atoms with Crippen LogP contribution in [0.5, 0.6) is 0 Å². The van der Waals surface area contributed by atoms with Crippen molar-refractivity contribution in [3.8, 4) is 0 Å².